The van der Waals surface area contributed by atoms with Gasteiger partial charge in [0.05, 0.1) is 5.02 Å². The van der Waals surface area contributed by atoms with Gasteiger partial charge in [-0.15, -0.1) is 11.3 Å². The van der Waals surface area contributed by atoms with Gasteiger partial charge in [-0.3, -0.25) is 0 Å². The lowest BCUT2D eigenvalue weighted by atomic mass is 10.1. The number of nitrogens with one attached hydrogen (secondary N) is 1. The van der Waals surface area contributed by atoms with Crippen molar-refractivity contribution in [2.75, 3.05) is 6.54 Å². The van der Waals surface area contributed by atoms with Crippen molar-refractivity contribution in [3.8, 4) is 0 Å². The van der Waals surface area contributed by atoms with Gasteiger partial charge in [-0.25, -0.2) is 0 Å². The monoisotopic (exact) mass is 267 g/mol. The Morgan fingerprint density at radius 3 is 2.47 bits per heavy atom. The molecule has 0 spiro atoms. The van der Waals surface area contributed by atoms with Gasteiger partial charge in [-0.2, -0.15) is 0 Å². The van der Waals surface area contributed by atoms with E-state index in [0.29, 0.717) is 15.9 Å². The minimum absolute atomic E-state index is 0.00811. The van der Waals surface area contributed by atoms with Crippen molar-refractivity contribution in [3.05, 3.63) is 20.3 Å². The molecule has 86 valence electrons. The van der Waals surface area contributed by atoms with E-state index < -0.39 is 6.10 Å². The van der Waals surface area contributed by atoms with Crippen LogP contribution in [0, 0.1) is 0 Å². The molecule has 0 aromatic carbocycles. The van der Waals surface area contributed by atoms with Crippen LogP contribution in [0.2, 0.25) is 9.36 Å². The van der Waals surface area contributed by atoms with Crippen molar-refractivity contribution in [2.24, 2.45) is 0 Å². The van der Waals surface area contributed by atoms with Crippen molar-refractivity contribution < 1.29 is 5.11 Å². The topological polar surface area (TPSA) is 32.3 Å². The Kier molecular flexibility index (Phi) is 4.44. The van der Waals surface area contributed by atoms with E-state index in [-0.39, 0.29) is 5.54 Å². The zero-order valence-electron chi connectivity index (χ0n) is 8.97. The first kappa shape index (κ1) is 13.3. The first-order chi connectivity index (χ1) is 6.79. The van der Waals surface area contributed by atoms with Crippen molar-refractivity contribution in [1.82, 2.24) is 5.32 Å². The summed E-state index contributed by atoms with van der Waals surface area (Å²) in [5, 5.41) is 13.6. The molecule has 0 saturated carbocycles. The molecule has 1 atom stereocenters. The third kappa shape index (κ3) is 4.29. The maximum Gasteiger partial charge on any atom is 0.112 e. The Labute approximate surface area is 104 Å². The molecule has 1 heterocycles. The number of rotatable bonds is 3. The second-order valence-electron chi connectivity index (χ2n) is 4.42. The smallest absolute Gasteiger partial charge is 0.112 e. The summed E-state index contributed by atoms with van der Waals surface area (Å²) in [5.41, 5.74) is -0.00811. The molecule has 0 saturated heterocycles. The lowest BCUT2D eigenvalue weighted by Crippen LogP contribution is -2.38. The number of β-amino-alcohol motifs (C(OH)–C–C–N with tert-alkyl or cyclic N) is 1. The maximum atomic E-state index is 9.85. The fraction of sp³-hybridized carbons (Fsp3) is 0.600. The molecule has 2 nitrogen and oxygen atoms in total. The summed E-state index contributed by atoms with van der Waals surface area (Å²) in [7, 11) is 0. The van der Waals surface area contributed by atoms with Crippen LogP contribution in [0.5, 0.6) is 0 Å². The number of aliphatic hydroxyl groups excluding tert-OH is 1. The van der Waals surface area contributed by atoms with Crippen LogP contribution in [-0.4, -0.2) is 17.2 Å². The number of aliphatic hydroxyl groups is 1. The number of hydrogen-bond donors (Lipinski definition) is 2. The van der Waals surface area contributed by atoms with Gasteiger partial charge in [0.1, 0.15) is 10.4 Å². The van der Waals surface area contributed by atoms with E-state index in [1.807, 2.05) is 20.8 Å². The highest BCUT2D eigenvalue weighted by Gasteiger charge is 2.16. The van der Waals surface area contributed by atoms with Gasteiger partial charge in [0.2, 0.25) is 0 Å². The van der Waals surface area contributed by atoms with Crippen LogP contribution in [0.3, 0.4) is 0 Å². The molecule has 0 aliphatic carbocycles. The van der Waals surface area contributed by atoms with Crippen molar-refractivity contribution >= 4 is 34.5 Å². The summed E-state index contributed by atoms with van der Waals surface area (Å²) >= 11 is 12.9. The second-order valence-corrected chi connectivity index (χ2v) is 6.51. The molecule has 0 aliphatic heterocycles. The van der Waals surface area contributed by atoms with E-state index in [2.05, 4.69) is 5.32 Å². The SMILES string of the molecule is CC(C)(C)NCC(O)c1cc(Cl)c(Cl)s1. The molecule has 5 heteroatoms. The van der Waals surface area contributed by atoms with Crippen LogP contribution in [0.1, 0.15) is 31.8 Å². The quantitative estimate of drug-likeness (QED) is 0.879. The summed E-state index contributed by atoms with van der Waals surface area (Å²) in [4.78, 5) is 0.793. The molecule has 0 bridgehead atoms. The molecule has 15 heavy (non-hydrogen) atoms. The van der Waals surface area contributed by atoms with E-state index in [9.17, 15) is 5.11 Å². The Morgan fingerprint density at radius 1 is 1.47 bits per heavy atom. The number of halogens is 2. The third-order valence-electron chi connectivity index (χ3n) is 1.82. The summed E-state index contributed by atoms with van der Waals surface area (Å²) in [6.45, 7) is 6.65. The molecule has 0 aliphatic rings. The molecule has 1 unspecified atom stereocenters. The predicted octanol–water partition coefficient (Wildman–Crippen LogP) is 3.48. The third-order valence-corrected chi connectivity index (χ3v) is 3.79. The highest BCUT2D eigenvalue weighted by molar-refractivity contribution is 7.17. The van der Waals surface area contributed by atoms with Crippen molar-refractivity contribution in [2.45, 2.75) is 32.4 Å². The Balaban J connectivity index is 2.58. The van der Waals surface area contributed by atoms with Gasteiger partial charge in [-0.05, 0) is 26.8 Å². The molecule has 0 amide bonds. The molecule has 1 aromatic heterocycles. The van der Waals surface area contributed by atoms with E-state index in [4.69, 9.17) is 23.2 Å². The first-order valence-corrected chi connectivity index (χ1v) is 6.24. The highest BCUT2D eigenvalue weighted by atomic mass is 35.5. The van der Waals surface area contributed by atoms with Crippen LogP contribution in [0.4, 0.5) is 0 Å². The normalized spacial score (nSPS) is 14.3. The zero-order valence-corrected chi connectivity index (χ0v) is 11.3. The van der Waals surface area contributed by atoms with E-state index in [0.717, 1.165) is 4.88 Å². The van der Waals surface area contributed by atoms with Crippen LogP contribution in [-0.2, 0) is 0 Å². The van der Waals surface area contributed by atoms with E-state index in [1.54, 1.807) is 6.07 Å². The van der Waals surface area contributed by atoms with Crippen molar-refractivity contribution in [1.29, 1.82) is 0 Å². The van der Waals surface area contributed by atoms with E-state index in [1.165, 1.54) is 11.3 Å². The minimum Gasteiger partial charge on any atom is -0.386 e. The average Bonchev–Trinajstić information content (AvgIpc) is 2.42. The fourth-order valence-corrected chi connectivity index (χ4v) is 2.41. The van der Waals surface area contributed by atoms with Crippen LogP contribution < -0.4 is 5.32 Å². The second kappa shape index (κ2) is 5.02. The number of thiophene rings is 1. The highest BCUT2D eigenvalue weighted by Crippen LogP contribution is 2.34. The number of hydrogen-bond acceptors (Lipinski definition) is 3. The molecule has 0 fully saturated rings. The fourth-order valence-electron chi connectivity index (χ4n) is 1.03. The largest absolute Gasteiger partial charge is 0.386 e. The van der Waals surface area contributed by atoms with Gasteiger partial charge in [0.25, 0.3) is 0 Å². The van der Waals surface area contributed by atoms with Gasteiger partial charge in [-0.1, -0.05) is 23.2 Å². The maximum absolute atomic E-state index is 9.85. The first-order valence-electron chi connectivity index (χ1n) is 4.67. The molecule has 2 N–H and O–H groups in total. The van der Waals surface area contributed by atoms with Crippen LogP contribution in [0.15, 0.2) is 6.07 Å². The Morgan fingerprint density at radius 2 is 2.07 bits per heavy atom. The Hall–Kier alpha value is 0.200. The summed E-state index contributed by atoms with van der Waals surface area (Å²) in [6.07, 6.45) is -0.556. The molecule has 0 radical (unpaired) electrons. The summed E-state index contributed by atoms with van der Waals surface area (Å²) in [6, 6.07) is 1.71. The molecule has 1 rings (SSSR count). The lowest BCUT2D eigenvalue weighted by Gasteiger charge is -2.22. The molecule has 1 aromatic rings. The molecular formula is C10H15Cl2NOS. The zero-order chi connectivity index (χ0) is 11.6. The van der Waals surface area contributed by atoms with Gasteiger partial charge in [0.15, 0.2) is 0 Å². The minimum atomic E-state index is -0.556. The van der Waals surface area contributed by atoms with Crippen molar-refractivity contribution in [3.63, 3.8) is 0 Å². The molecular weight excluding hydrogens is 253 g/mol. The van der Waals surface area contributed by atoms with Crippen LogP contribution >= 0.6 is 34.5 Å². The lowest BCUT2D eigenvalue weighted by molar-refractivity contribution is 0.167. The predicted molar refractivity (Wildman–Crippen MR) is 67.1 cm³/mol. The van der Waals surface area contributed by atoms with Crippen LogP contribution in [0.25, 0.3) is 0 Å². The summed E-state index contributed by atoms with van der Waals surface area (Å²) < 4.78 is 0.529. The van der Waals surface area contributed by atoms with E-state index >= 15 is 0 Å². The van der Waals surface area contributed by atoms with Gasteiger partial charge >= 0.3 is 0 Å². The summed E-state index contributed by atoms with van der Waals surface area (Å²) in [5.74, 6) is 0. The standard InChI is InChI=1S/C10H15Cl2NOS/c1-10(2,3)13-5-7(14)8-4-6(11)9(12)15-8/h4,7,13-14H,5H2,1-3H3. The van der Waals surface area contributed by atoms with Gasteiger partial charge < -0.3 is 10.4 Å². The average molecular weight is 268 g/mol. The Bertz CT molecular complexity index is 313. The van der Waals surface area contributed by atoms with Gasteiger partial charge in [0, 0.05) is 17.0 Å².